The highest BCUT2D eigenvalue weighted by molar-refractivity contribution is 5.90. The Balaban J connectivity index is 1.52. The van der Waals surface area contributed by atoms with Crippen LogP contribution < -0.4 is 16.5 Å². The molecule has 3 atom stereocenters. The van der Waals surface area contributed by atoms with Crippen molar-refractivity contribution in [2.24, 2.45) is 11.7 Å². The number of carbonyl (C=O) groups is 4. The molecule has 0 radical (unpaired) electrons. The van der Waals surface area contributed by atoms with Gasteiger partial charge in [-0.3, -0.25) is 24.2 Å². The van der Waals surface area contributed by atoms with Crippen LogP contribution >= 0.6 is 0 Å². The van der Waals surface area contributed by atoms with Crippen LogP contribution in [0.3, 0.4) is 0 Å². The fraction of sp³-hybridized carbons (Fsp3) is 0.484. The van der Waals surface area contributed by atoms with Crippen LogP contribution in [0, 0.1) is 5.92 Å². The number of nitrogens with two attached hydrogens (primary N) is 1. The zero-order valence-electron chi connectivity index (χ0n) is 24.1. The summed E-state index contributed by atoms with van der Waals surface area (Å²) in [5.41, 5.74) is 12.7. The van der Waals surface area contributed by atoms with Gasteiger partial charge in [-0.2, -0.15) is 0 Å². The third-order valence-electron chi connectivity index (χ3n) is 7.11. The van der Waals surface area contributed by atoms with E-state index in [4.69, 9.17) is 10.5 Å². The summed E-state index contributed by atoms with van der Waals surface area (Å²) in [7, 11) is 0. The molecule has 40 heavy (non-hydrogen) atoms. The number of amides is 3. The van der Waals surface area contributed by atoms with Crippen molar-refractivity contribution in [1.82, 2.24) is 15.8 Å². The summed E-state index contributed by atoms with van der Waals surface area (Å²) in [5.74, 6) is -1.79. The van der Waals surface area contributed by atoms with E-state index in [1.54, 1.807) is 20.8 Å². The molecule has 9 heteroatoms. The number of hydrogen-bond donors (Lipinski definition) is 3. The van der Waals surface area contributed by atoms with E-state index < -0.39 is 41.9 Å². The summed E-state index contributed by atoms with van der Waals surface area (Å²) in [6.45, 7) is 9.85. The quantitative estimate of drug-likeness (QED) is 0.367. The minimum absolute atomic E-state index is 0.124. The predicted octanol–water partition coefficient (Wildman–Crippen LogP) is 3.46. The summed E-state index contributed by atoms with van der Waals surface area (Å²) in [6, 6.07) is 15.1. The van der Waals surface area contributed by atoms with Gasteiger partial charge in [0.15, 0.2) is 6.10 Å². The molecule has 3 rings (SSSR count). The number of benzene rings is 2. The molecule has 1 aliphatic heterocycles. The first kappa shape index (κ1) is 30.8. The van der Waals surface area contributed by atoms with Crippen LogP contribution in [0.2, 0.25) is 0 Å². The SMILES string of the molecule is CC(C)c1cccc(-c2ccc(CCC(=O)O[C@H](C(=O)N[C@@H](C)C(=O)N3CCC[C@@H](C(N)=O)N3)C(C)C)cc2)c1. The van der Waals surface area contributed by atoms with Gasteiger partial charge in [-0.05, 0) is 60.3 Å². The van der Waals surface area contributed by atoms with E-state index in [1.165, 1.54) is 10.6 Å². The Morgan fingerprint density at radius 1 is 1.02 bits per heavy atom. The lowest BCUT2D eigenvalue weighted by Crippen LogP contribution is -2.60. The third kappa shape index (κ3) is 8.39. The molecule has 0 bridgehead atoms. The van der Waals surface area contributed by atoms with E-state index in [-0.39, 0.29) is 12.3 Å². The van der Waals surface area contributed by atoms with Gasteiger partial charge in [-0.25, -0.2) is 5.43 Å². The highest BCUT2D eigenvalue weighted by Crippen LogP contribution is 2.24. The lowest BCUT2D eigenvalue weighted by atomic mass is 9.96. The maximum Gasteiger partial charge on any atom is 0.306 e. The number of primary amides is 1. The molecule has 0 aromatic heterocycles. The Labute approximate surface area is 236 Å². The number of rotatable bonds is 11. The molecule has 4 N–H and O–H groups in total. The molecule has 3 amide bonds. The van der Waals surface area contributed by atoms with Crippen molar-refractivity contribution in [2.45, 2.75) is 84.4 Å². The molecule has 2 aromatic carbocycles. The Morgan fingerprint density at radius 3 is 2.35 bits per heavy atom. The number of carbonyl (C=O) groups excluding carboxylic acids is 4. The summed E-state index contributed by atoms with van der Waals surface area (Å²) in [6.07, 6.45) is 0.730. The molecule has 0 unspecified atom stereocenters. The number of hydrazine groups is 1. The third-order valence-corrected chi connectivity index (χ3v) is 7.11. The smallest absolute Gasteiger partial charge is 0.306 e. The normalized spacial score (nSPS) is 16.9. The van der Waals surface area contributed by atoms with Crippen LogP contribution in [0.15, 0.2) is 48.5 Å². The summed E-state index contributed by atoms with van der Waals surface area (Å²) in [5, 5.41) is 3.96. The second-order valence-corrected chi connectivity index (χ2v) is 11.1. The van der Waals surface area contributed by atoms with Crippen molar-refractivity contribution < 1.29 is 23.9 Å². The Morgan fingerprint density at radius 2 is 1.73 bits per heavy atom. The summed E-state index contributed by atoms with van der Waals surface area (Å²) in [4.78, 5) is 49.9. The van der Waals surface area contributed by atoms with E-state index in [0.29, 0.717) is 31.7 Å². The monoisotopic (exact) mass is 550 g/mol. The van der Waals surface area contributed by atoms with Crippen molar-refractivity contribution >= 4 is 23.7 Å². The average Bonchev–Trinajstić information content (AvgIpc) is 2.94. The van der Waals surface area contributed by atoms with Gasteiger partial charge < -0.3 is 15.8 Å². The topological polar surface area (TPSA) is 131 Å². The first-order chi connectivity index (χ1) is 19.0. The van der Waals surface area contributed by atoms with Crippen molar-refractivity contribution in [3.8, 4) is 11.1 Å². The van der Waals surface area contributed by atoms with Gasteiger partial charge in [0.05, 0.1) is 0 Å². The molecular weight excluding hydrogens is 508 g/mol. The second kappa shape index (κ2) is 14.1. The van der Waals surface area contributed by atoms with E-state index >= 15 is 0 Å². The van der Waals surface area contributed by atoms with Gasteiger partial charge in [0.1, 0.15) is 12.1 Å². The lowest BCUT2D eigenvalue weighted by Gasteiger charge is -2.34. The average molecular weight is 551 g/mol. The minimum Gasteiger partial charge on any atom is -0.452 e. The Hall–Kier alpha value is -3.72. The van der Waals surface area contributed by atoms with Crippen LogP contribution in [0.4, 0.5) is 0 Å². The molecule has 0 aliphatic carbocycles. The van der Waals surface area contributed by atoms with Crippen LogP contribution in [0.5, 0.6) is 0 Å². The van der Waals surface area contributed by atoms with Gasteiger partial charge in [-0.1, -0.05) is 76.2 Å². The van der Waals surface area contributed by atoms with Gasteiger partial charge in [0.2, 0.25) is 5.91 Å². The minimum atomic E-state index is -1.04. The zero-order chi connectivity index (χ0) is 29.4. The van der Waals surface area contributed by atoms with Crippen molar-refractivity contribution in [3.05, 3.63) is 59.7 Å². The van der Waals surface area contributed by atoms with Crippen molar-refractivity contribution in [2.75, 3.05) is 6.54 Å². The maximum absolute atomic E-state index is 12.9. The lowest BCUT2D eigenvalue weighted by molar-refractivity contribution is -0.159. The number of nitrogens with one attached hydrogen (secondary N) is 2. The highest BCUT2D eigenvalue weighted by Gasteiger charge is 2.32. The van der Waals surface area contributed by atoms with Gasteiger partial charge in [-0.15, -0.1) is 0 Å². The molecule has 9 nitrogen and oxygen atoms in total. The fourth-order valence-electron chi connectivity index (χ4n) is 4.62. The van der Waals surface area contributed by atoms with Crippen LogP contribution in [-0.2, 0) is 30.3 Å². The standard InChI is InChI=1S/C31H42N4O5/c1-19(2)24-8-6-9-25(18-24)23-14-11-22(12-15-23)13-16-27(36)40-28(20(3)4)30(38)33-21(5)31(39)35-17-7-10-26(34-35)29(32)37/h6,8-9,11-12,14-15,18-21,26,28,34H,7,10,13,16-17H2,1-5H3,(H2,32,37)(H,33,38)/t21-,26-,28-/m0/s1. The van der Waals surface area contributed by atoms with Crippen LogP contribution in [0.25, 0.3) is 11.1 Å². The Bertz CT molecular complexity index is 1190. The molecular formula is C31H42N4O5. The first-order valence-electron chi connectivity index (χ1n) is 14.0. The maximum atomic E-state index is 12.9. The van der Waals surface area contributed by atoms with Gasteiger partial charge >= 0.3 is 5.97 Å². The van der Waals surface area contributed by atoms with Crippen molar-refractivity contribution in [1.29, 1.82) is 0 Å². The number of esters is 1. The van der Waals surface area contributed by atoms with E-state index in [2.05, 4.69) is 48.9 Å². The zero-order valence-corrected chi connectivity index (χ0v) is 24.1. The molecule has 216 valence electrons. The molecule has 1 fully saturated rings. The molecule has 2 aromatic rings. The Kier molecular flexibility index (Phi) is 10.8. The van der Waals surface area contributed by atoms with Gasteiger partial charge in [0.25, 0.3) is 11.8 Å². The van der Waals surface area contributed by atoms with E-state index in [1.807, 2.05) is 24.3 Å². The fourth-order valence-corrected chi connectivity index (χ4v) is 4.62. The number of hydrogen-bond acceptors (Lipinski definition) is 6. The molecule has 0 spiro atoms. The largest absolute Gasteiger partial charge is 0.452 e. The number of aryl methyl sites for hydroxylation is 1. The number of ether oxygens (including phenoxy) is 1. The predicted molar refractivity (Wildman–Crippen MR) is 154 cm³/mol. The molecule has 0 saturated carbocycles. The first-order valence-corrected chi connectivity index (χ1v) is 14.0. The molecule has 1 saturated heterocycles. The summed E-state index contributed by atoms with van der Waals surface area (Å²) < 4.78 is 5.55. The second-order valence-electron chi connectivity index (χ2n) is 11.1. The highest BCUT2D eigenvalue weighted by atomic mass is 16.5. The van der Waals surface area contributed by atoms with Crippen LogP contribution in [0.1, 0.15) is 70.9 Å². The van der Waals surface area contributed by atoms with E-state index in [9.17, 15) is 19.2 Å². The number of nitrogens with zero attached hydrogens (tertiary/aromatic N) is 1. The van der Waals surface area contributed by atoms with Crippen LogP contribution in [-0.4, -0.2) is 53.4 Å². The molecule has 1 heterocycles. The summed E-state index contributed by atoms with van der Waals surface area (Å²) >= 11 is 0. The van der Waals surface area contributed by atoms with E-state index in [0.717, 1.165) is 16.7 Å². The molecule has 1 aliphatic rings. The van der Waals surface area contributed by atoms with Gasteiger partial charge in [0, 0.05) is 13.0 Å². The van der Waals surface area contributed by atoms with Crippen molar-refractivity contribution in [3.63, 3.8) is 0 Å².